The van der Waals surface area contributed by atoms with Gasteiger partial charge in [0.25, 0.3) is 0 Å². The van der Waals surface area contributed by atoms with Crippen molar-refractivity contribution >= 4 is 34.0 Å². The molecular weight excluding hydrogens is 453 g/mol. The number of aromatic nitrogens is 1. The molecule has 5 nitrogen and oxygen atoms in total. The first-order valence-corrected chi connectivity index (χ1v) is 12.3. The van der Waals surface area contributed by atoms with Crippen LogP contribution in [-0.4, -0.2) is 47.0 Å². The number of anilines is 1. The van der Waals surface area contributed by atoms with Crippen LogP contribution >= 0.6 is 11.6 Å². The van der Waals surface area contributed by atoms with Gasteiger partial charge in [-0.15, -0.1) is 0 Å². The number of carbonyl (C=O) groups is 1. The molecule has 0 radical (unpaired) electrons. The summed E-state index contributed by atoms with van der Waals surface area (Å²) in [5.41, 5.74) is 3.52. The van der Waals surface area contributed by atoms with Crippen LogP contribution in [-0.2, 0) is 0 Å². The van der Waals surface area contributed by atoms with Gasteiger partial charge < -0.3 is 15.3 Å². The highest BCUT2D eigenvalue weighted by atomic mass is 35.5. The number of halogens is 2. The molecule has 0 saturated heterocycles. The molecule has 1 heterocycles. The van der Waals surface area contributed by atoms with Gasteiger partial charge in [0.2, 0.25) is 0 Å². The summed E-state index contributed by atoms with van der Waals surface area (Å²) in [6, 6.07) is 9.34. The van der Waals surface area contributed by atoms with E-state index in [0.29, 0.717) is 17.2 Å². The minimum absolute atomic E-state index is 0.0399. The number of Topliss-reactive ketones (excluding diaryl/α,β-unsaturated/α-hetero) is 1. The SMILES string of the molecule is CN(C)[C@H]1CC[C@H](Nc2c(C(=O)C3CC3)cnc3ccc(-c4cc(F)c(O)c(Cl)c4)cc23)CC1. The van der Waals surface area contributed by atoms with Crippen molar-refractivity contribution in [2.45, 2.75) is 50.6 Å². The highest BCUT2D eigenvalue weighted by molar-refractivity contribution is 6.32. The van der Waals surface area contributed by atoms with E-state index in [2.05, 4.69) is 29.3 Å². The van der Waals surface area contributed by atoms with Crippen LogP contribution in [0.4, 0.5) is 10.1 Å². The van der Waals surface area contributed by atoms with E-state index in [1.54, 1.807) is 12.3 Å². The molecule has 0 atom stereocenters. The Balaban J connectivity index is 1.56. The Morgan fingerprint density at radius 3 is 2.47 bits per heavy atom. The van der Waals surface area contributed by atoms with Gasteiger partial charge >= 0.3 is 0 Å². The minimum atomic E-state index is -0.769. The lowest BCUT2D eigenvalue weighted by Gasteiger charge is -2.34. The van der Waals surface area contributed by atoms with Crippen LogP contribution in [0.1, 0.15) is 48.9 Å². The van der Waals surface area contributed by atoms with Gasteiger partial charge in [-0.2, -0.15) is 0 Å². The van der Waals surface area contributed by atoms with E-state index in [9.17, 15) is 14.3 Å². The standard InChI is InChI=1S/C27H29ClFN3O2/c1-32(2)19-8-6-18(7-9-19)31-25-20-11-16(17-12-22(28)27(34)23(29)13-17)5-10-24(20)30-14-21(25)26(33)15-3-4-15/h5,10-15,18-19,34H,3-4,6-9H2,1-2H3,(H,30,31)/t18-,19-. The van der Waals surface area contributed by atoms with Crippen molar-refractivity contribution in [3.05, 3.63) is 52.9 Å². The maximum absolute atomic E-state index is 14.2. The summed E-state index contributed by atoms with van der Waals surface area (Å²) >= 11 is 6.03. The molecule has 0 unspecified atom stereocenters. The molecule has 2 aliphatic rings. The monoisotopic (exact) mass is 481 g/mol. The second-order valence-corrected chi connectivity index (χ2v) is 10.2. The number of carbonyl (C=O) groups excluding carboxylic acids is 1. The molecule has 178 valence electrons. The lowest BCUT2D eigenvalue weighted by atomic mass is 9.89. The number of ketones is 1. The number of benzene rings is 2. The molecule has 3 aromatic rings. The van der Waals surface area contributed by atoms with Gasteiger partial charge in [0.05, 0.1) is 21.8 Å². The van der Waals surface area contributed by atoms with Crippen LogP contribution in [0.2, 0.25) is 5.02 Å². The Labute approximate surface area is 203 Å². The Morgan fingerprint density at radius 1 is 1.09 bits per heavy atom. The average Bonchev–Trinajstić information content (AvgIpc) is 3.67. The fraction of sp³-hybridized carbons (Fsp3) is 0.407. The van der Waals surface area contributed by atoms with E-state index >= 15 is 0 Å². The van der Waals surface area contributed by atoms with Crippen molar-refractivity contribution in [1.82, 2.24) is 9.88 Å². The molecule has 7 heteroatoms. The summed E-state index contributed by atoms with van der Waals surface area (Å²) in [5, 5.41) is 14.2. The van der Waals surface area contributed by atoms with Gasteiger partial charge in [-0.1, -0.05) is 17.7 Å². The average molecular weight is 482 g/mol. The van der Waals surface area contributed by atoms with Crippen LogP contribution < -0.4 is 5.32 Å². The number of phenolic OH excluding ortho intramolecular Hbond substituents is 1. The fourth-order valence-corrected chi connectivity index (χ4v) is 5.16. The normalized spacial score (nSPS) is 20.6. The lowest BCUT2D eigenvalue weighted by molar-refractivity contribution is 0.0968. The third-order valence-corrected chi connectivity index (χ3v) is 7.50. The van der Waals surface area contributed by atoms with Gasteiger partial charge in [-0.3, -0.25) is 9.78 Å². The van der Waals surface area contributed by atoms with E-state index in [1.807, 2.05) is 18.2 Å². The number of hydrogen-bond acceptors (Lipinski definition) is 5. The predicted octanol–water partition coefficient (Wildman–Crippen LogP) is 6.28. The molecule has 0 spiro atoms. The summed E-state index contributed by atoms with van der Waals surface area (Å²) in [6.07, 6.45) is 7.83. The number of phenols is 1. The summed E-state index contributed by atoms with van der Waals surface area (Å²) in [7, 11) is 4.25. The summed E-state index contributed by atoms with van der Waals surface area (Å²) in [6.45, 7) is 0. The fourth-order valence-electron chi connectivity index (χ4n) is 4.95. The van der Waals surface area contributed by atoms with Crippen LogP contribution in [0.3, 0.4) is 0 Å². The third kappa shape index (κ3) is 4.49. The van der Waals surface area contributed by atoms with Crippen molar-refractivity contribution in [1.29, 1.82) is 0 Å². The minimum Gasteiger partial charge on any atom is -0.504 e. The van der Waals surface area contributed by atoms with E-state index in [-0.39, 0.29) is 22.8 Å². The molecule has 0 bridgehead atoms. The van der Waals surface area contributed by atoms with Gasteiger partial charge in [-0.05, 0) is 88.0 Å². The number of nitrogens with one attached hydrogen (secondary N) is 1. The van der Waals surface area contributed by atoms with Crippen LogP contribution in [0.5, 0.6) is 5.75 Å². The largest absolute Gasteiger partial charge is 0.504 e. The Hall–Kier alpha value is -2.70. The molecule has 5 rings (SSSR count). The van der Waals surface area contributed by atoms with E-state index in [1.165, 1.54) is 6.07 Å². The van der Waals surface area contributed by atoms with Crippen LogP contribution in [0.25, 0.3) is 22.0 Å². The third-order valence-electron chi connectivity index (χ3n) is 7.21. The zero-order valence-electron chi connectivity index (χ0n) is 19.4. The first-order valence-electron chi connectivity index (χ1n) is 11.9. The van der Waals surface area contributed by atoms with Crippen LogP contribution in [0.15, 0.2) is 36.5 Å². The van der Waals surface area contributed by atoms with Gasteiger partial charge in [0.15, 0.2) is 17.3 Å². The molecule has 2 aliphatic carbocycles. The van der Waals surface area contributed by atoms with E-state index in [4.69, 9.17) is 11.6 Å². The van der Waals surface area contributed by atoms with Crippen molar-refractivity contribution in [2.75, 3.05) is 19.4 Å². The summed E-state index contributed by atoms with van der Waals surface area (Å²) < 4.78 is 14.2. The lowest BCUT2D eigenvalue weighted by Crippen LogP contribution is -2.36. The zero-order valence-corrected chi connectivity index (χ0v) is 20.2. The number of aromatic hydroxyl groups is 1. The van der Waals surface area contributed by atoms with Crippen molar-refractivity contribution in [3.63, 3.8) is 0 Å². The quantitative estimate of drug-likeness (QED) is 0.406. The van der Waals surface area contributed by atoms with Crippen molar-refractivity contribution in [3.8, 4) is 16.9 Å². The zero-order chi connectivity index (χ0) is 24.0. The Kier molecular flexibility index (Phi) is 6.21. The molecule has 2 N–H and O–H groups in total. The molecule has 2 fully saturated rings. The molecule has 2 aromatic carbocycles. The maximum atomic E-state index is 14.2. The first kappa shape index (κ1) is 23.1. The number of rotatable bonds is 6. The number of hydrogen-bond donors (Lipinski definition) is 2. The second-order valence-electron chi connectivity index (χ2n) is 9.82. The van der Waals surface area contributed by atoms with E-state index in [0.717, 1.165) is 60.7 Å². The molecule has 1 aromatic heterocycles. The number of nitrogens with zero attached hydrogens (tertiary/aromatic N) is 2. The highest BCUT2D eigenvalue weighted by Crippen LogP contribution is 2.39. The number of pyridine rings is 1. The van der Waals surface area contributed by atoms with Gasteiger partial charge in [-0.25, -0.2) is 4.39 Å². The summed E-state index contributed by atoms with van der Waals surface area (Å²) in [4.78, 5) is 20.0. The van der Waals surface area contributed by atoms with Gasteiger partial charge in [0.1, 0.15) is 0 Å². The van der Waals surface area contributed by atoms with Crippen molar-refractivity contribution < 1.29 is 14.3 Å². The van der Waals surface area contributed by atoms with Crippen LogP contribution in [0, 0.1) is 11.7 Å². The topological polar surface area (TPSA) is 65.5 Å². The first-order chi connectivity index (χ1) is 16.3. The van der Waals surface area contributed by atoms with E-state index < -0.39 is 11.6 Å². The predicted molar refractivity (Wildman–Crippen MR) is 134 cm³/mol. The molecule has 34 heavy (non-hydrogen) atoms. The molecule has 0 aliphatic heterocycles. The summed E-state index contributed by atoms with van der Waals surface area (Å²) in [5.74, 6) is -1.10. The van der Waals surface area contributed by atoms with Crippen molar-refractivity contribution in [2.24, 2.45) is 5.92 Å². The highest BCUT2D eigenvalue weighted by Gasteiger charge is 2.33. The Morgan fingerprint density at radius 2 is 1.82 bits per heavy atom. The maximum Gasteiger partial charge on any atom is 0.170 e. The molecule has 2 saturated carbocycles. The number of fused-ring (bicyclic) bond motifs is 1. The molecular formula is C27H29ClFN3O2. The second kappa shape index (κ2) is 9.16. The smallest absolute Gasteiger partial charge is 0.170 e. The Bertz CT molecular complexity index is 1230. The molecule has 0 amide bonds. The van der Waals surface area contributed by atoms with Gasteiger partial charge in [0, 0.05) is 29.6 Å².